The average molecular weight is 345 g/mol. The Bertz CT molecular complexity index is 697. The summed E-state index contributed by atoms with van der Waals surface area (Å²) in [5.74, 6) is 2.28. The summed E-state index contributed by atoms with van der Waals surface area (Å²) in [6.07, 6.45) is 0. The van der Waals surface area contributed by atoms with Crippen molar-refractivity contribution in [2.75, 3.05) is 37.9 Å². The first-order chi connectivity index (χ1) is 11.8. The van der Waals surface area contributed by atoms with Gasteiger partial charge in [0.1, 0.15) is 0 Å². The van der Waals surface area contributed by atoms with Crippen molar-refractivity contribution in [1.82, 2.24) is 4.90 Å². The third-order valence-electron chi connectivity index (χ3n) is 4.68. The Labute approximate surface area is 147 Å². The SMILES string of the molecule is ClCc1ccc(CN2CCN(c3ccc4c(c3)OCO4)CC2)cc1. The molecule has 126 valence electrons. The van der Waals surface area contributed by atoms with Gasteiger partial charge in [-0.05, 0) is 23.3 Å². The molecule has 2 aliphatic rings. The van der Waals surface area contributed by atoms with E-state index in [9.17, 15) is 0 Å². The lowest BCUT2D eigenvalue weighted by atomic mass is 10.1. The summed E-state index contributed by atoms with van der Waals surface area (Å²) < 4.78 is 10.9. The minimum absolute atomic E-state index is 0.328. The summed E-state index contributed by atoms with van der Waals surface area (Å²) in [5.41, 5.74) is 3.74. The Morgan fingerprint density at radius 2 is 1.54 bits per heavy atom. The number of rotatable bonds is 4. The van der Waals surface area contributed by atoms with Crippen LogP contribution in [0, 0.1) is 0 Å². The van der Waals surface area contributed by atoms with E-state index in [-0.39, 0.29) is 0 Å². The van der Waals surface area contributed by atoms with E-state index in [1.54, 1.807) is 0 Å². The molecule has 4 nitrogen and oxygen atoms in total. The molecule has 0 saturated carbocycles. The largest absolute Gasteiger partial charge is 0.454 e. The Balaban J connectivity index is 1.34. The maximum atomic E-state index is 5.85. The van der Waals surface area contributed by atoms with Crippen molar-refractivity contribution in [2.24, 2.45) is 0 Å². The maximum absolute atomic E-state index is 5.85. The average Bonchev–Trinajstić information content (AvgIpc) is 3.11. The fourth-order valence-electron chi connectivity index (χ4n) is 3.24. The van der Waals surface area contributed by atoms with E-state index in [4.69, 9.17) is 21.1 Å². The van der Waals surface area contributed by atoms with Gasteiger partial charge in [-0.15, -0.1) is 11.6 Å². The van der Waals surface area contributed by atoms with Gasteiger partial charge in [-0.1, -0.05) is 24.3 Å². The Kier molecular flexibility index (Phi) is 4.50. The normalized spacial score (nSPS) is 17.3. The quantitative estimate of drug-likeness (QED) is 0.793. The molecule has 2 aromatic carbocycles. The molecule has 0 bridgehead atoms. The highest BCUT2D eigenvalue weighted by molar-refractivity contribution is 6.17. The minimum atomic E-state index is 0.328. The standard InChI is InChI=1S/C19H21ClN2O2/c20-12-15-1-3-16(4-2-15)13-21-7-9-22(10-8-21)17-5-6-18-19(11-17)24-14-23-18/h1-6,11H,7-10,12-14H2. The summed E-state index contributed by atoms with van der Waals surface area (Å²) in [5, 5.41) is 0. The number of hydrogen-bond acceptors (Lipinski definition) is 4. The molecule has 2 heterocycles. The number of benzene rings is 2. The van der Waals surface area contributed by atoms with Crippen LogP contribution in [0.15, 0.2) is 42.5 Å². The lowest BCUT2D eigenvalue weighted by Gasteiger charge is -2.36. The minimum Gasteiger partial charge on any atom is -0.454 e. The molecular formula is C19H21ClN2O2. The van der Waals surface area contributed by atoms with Crippen LogP contribution in [-0.4, -0.2) is 37.9 Å². The van der Waals surface area contributed by atoms with Gasteiger partial charge in [0, 0.05) is 50.4 Å². The van der Waals surface area contributed by atoms with Gasteiger partial charge >= 0.3 is 0 Å². The van der Waals surface area contributed by atoms with Gasteiger partial charge < -0.3 is 14.4 Å². The number of halogens is 1. The van der Waals surface area contributed by atoms with Gasteiger partial charge in [-0.3, -0.25) is 4.90 Å². The lowest BCUT2D eigenvalue weighted by Crippen LogP contribution is -2.45. The molecule has 0 aromatic heterocycles. The molecule has 1 saturated heterocycles. The number of ether oxygens (including phenoxy) is 2. The molecule has 4 rings (SSSR count). The van der Waals surface area contributed by atoms with Crippen LogP contribution < -0.4 is 14.4 Å². The van der Waals surface area contributed by atoms with Crippen LogP contribution in [0.2, 0.25) is 0 Å². The summed E-state index contributed by atoms with van der Waals surface area (Å²) in [7, 11) is 0. The Morgan fingerprint density at radius 3 is 2.29 bits per heavy atom. The van der Waals surface area contributed by atoms with Crippen molar-refractivity contribution >= 4 is 17.3 Å². The van der Waals surface area contributed by atoms with Gasteiger partial charge in [0.05, 0.1) is 0 Å². The molecule has 0 atom stereocenters. The molecule has 24 heavy (non-hydrogen) atoms. The molecular weight excluding hydrogens is 324 g/mol. The predicted molar refractivity (Wildman–Crippen MR) is 96.1 cm³/mol. The second-order valence-corrected chi connectivity index (χ2v) is 6.52. The highest BCUT2D eigenvalue weighted by Gasteiger charge is 2.20. The van der Waals surface area contributed by atoms with Crippen LogP contribution in [0.25, 0.3) is 0 Å². The molecule has 0 radical (unpaired) electrons. The van der Waals surface area contributed by atoms with Crippen molar-refractivity contribution in [3.63, 3.8) is 0 Å². The number of piperazine rings is 1. The van der Waals surface area contributed by atoms with Crippen molar-refractivity contribution < 1.29 is 9.47 Å². The zero-order chi connectivity index (χ0) is 16.4. The zero-order valence-electron chi connectivity index (χ0n) is 13.6. The molecule has 1 fully saturated rings. The van der Waals surface area contributed by atoms with Gasteiger partial charge in [0.2, 0.25) is 6.79 Å². The van der Waals surface area contributed by atoms with E-state index >= 15 is 0 Å². The van der Waals surface area contributed by atoms with E-state index in [0.717, 1.165) is 44.2 Å². The number of fused-ring (bicyclic) bond motifs is 1. The highest BCUT2D eigenvalue weighted by Crippen LogP contribution is 2.35. The van der Waals surface area contributed by atoms with Crippen LogP contribution in [0.1, 0.15) is 11.1 Å². The summed E-state index contributed by atoms with van der Waals surface area (Å²) in [4.78, 5) is 4.91. The van der Waals surface area contributed by atoms with Crippen LogP contribution >= 0.6 is 11.6 Å². The third-order valence-corrected chi connectivity index (χ3v) is 4.99. The molecule has 2 aromatic rings. The van der Waals surface area contributed by atoms with Crippen molar-refractivity contribution in [3.8, 4) is 11.5 Å². The van der Waals surface area contributed by atoms with E-state index in [0.29, 0.717) is 12.7 Å². The first-order valence-corrected chi connectivity index (χ1v) is 8.86. The Morgan fingerprint density at radius 1 is 0.833 bits per heavy atom. The fraction of sp³-hybridized carbons (Fsp3) is 0.368. The van der Waals surface area contributed by atoms with Crippen LogP contribution in [0.4, 0.5) is 5.69 Å². The smallest absolute Gasteiger partial charge is 0.231 e. The first-order valence-electron chi connectivity index (χ1n) is 8.32. The first kappa shape index (κ1) is 15.6. The van der Waals surface area contributed by atoms with E-state index < -0.39 is 0 Å². The Hall–Kier alpha value is -1.91. The topological polar surface area (TPSA) is 24.9 Å². The van der Waals surface area contributed by atoms with Gasteiger partial charge in [0.25, 0.3) is 0 Å². The van der Waals surface area contributed by atoms with Crippen LogP contribution in [0.5, 0.6) is 11.5 Å². The van der Waals surface area contributed by atoms with Gasteiger partial charge in [0.15, 0.2) is 11.5 Å². The maximum Gasteiger partial charge on any atom is 0.231 e. The van der Waals surface area contributed by atoms with E-state index in [1.807, 2.05) is 6.07 Å². The molecule has 0 unspecified atom stereocenters. The number of anilines is 1. The summed E-state index contributed by atoms with van der Waals surface area (Å²) in [6, 6.07) is 14.8. The van der Waals surface area contributed by atoms with Crippen molar-refractivity contribution in [1.29, 1.82) is 0 Å². The monoisotopic (exact) mass is 344 g/mol. The number of hydrogen-bond donors (Lipinski definition) is 0. The van der Waals surface area contributed by atoms with Crippen molar-refractivity contribution in [2.45, 2.75) is 12.4 Å². The number of alkyl halides is 1. The van der Waals surface area contributed by atoms with Crippen molar-refractivity contribution in [3.05, 3.63) is 53.6 Å². The molecule has 0 N–H and O–H groups in total. The zero-order valence-corrected chi connectivity index (χ0v) is 14.3. The molecule has 0 aliphatic carbocycles. The van der Waals surface area contributed by atoms with Crippen LogP contribution in [0.3, 0.4) is 0 Å². The van der Waals surface area contributed by atoms with Crippen LogP contribution in [-0.2, 0) is 12.4 Å². The second kappa shape index (κ2) is 6.91. The predicted octanol–water partition coefficient (Wildman–Crippen LogP) is 3.48. The second-order valence-electron chi connectivity index (χ2n) is 6.25. The molecule has 0 amide bonds. The van der Waals surface area contributed by atoms with Gasteiger partial charge in [-0.25, -0.2) is 0 Å². The molecule has 5 heteroatoms. The number of nitrogens with zero attached hydrogens (tertiary/aromatic N) is 2. The fourth-order valence-corrected chi connectivity index (χ4v) is 3.42. The lowest BCUT2D eigenvalue weighted by molar-refractivity contribution is 0.174. The van der Waals surface area contributed by atoms with Gasteiger partial charge in [-0.2, -0.15) is 0 Å². The summed E-state index contributed by atoms with van der Waals surface area (Å²) in [6.45, 7) is 5.50. The van der Waals surface area contributed by atoms with E-state index in [1.165, 1.54) is 16.8 Å². The summed E-state index contributed by atoms with van der Waals surface area (Å²) >= 11 is 5.85. The molecule has 0 spiro atoms. The highest BCUT2D eigenvalue weighted by atomic mass is 35.5. The van der Waals surface area contributed by atoms with E-state index in [2.05, 4.69) is 46.2 Å². The molecule has 2 aliphatic heterocycles. The third kappa shape index (κ3) is 3.30.